The third kappa shape index (κ3) is 0.974. The summed E-state index contributed by atoms with van der Waals surface area (Å²) in [6.07, 6.45) is 2.92. The molecule has 3 N–H and O–H groups in total. The lowest BCUT2D eigenvalue weighted by molar-refractivity contribution is 0.0115. The topological polar surface area (TPSA) is 59.4 Å². The molecule has 1 saturated carbocycles. The van der Waals surface area contributed by atoms with E-state index in [0.717, 1.165) is 18.6 Å². The van der Waals surface area contributed by atoms with E-state index in [-0.39, 0.29) is 11.5 Å². The van der Waals surface area contributed by atoms with Crippen molar-refractivity contribution in [3.63, 3.8) is 0 Å². The van der Waals surface area contributed by atoms with Gasteiger partial charge in [0.15, 0.2) is 0 Å². The minimum atomic E-state index is -0.196. The van der Waals surface area contributed by atoms with Gasteiger partial charge in [0.05, 0.1) is 12.4 Å². The van der Waals surface area contributed by atoms with Crippen LogP contribution in [-0.4, -0.2) is 17.8 Å². The summed E-state index contributed by atoms with van der Waals surface area (Å²) in [6.45, 7) is 0.553. The maximum Gasteiger partial charge on any atom is 0.111 e. The maximum absolute atomic E-state index is 9.22. The minimum absolute atomic E-state index is 0.0804. The highest BCUT2D eigenvalue weighted by molar-refractivity contribution is 5.20. The summed E-state index contributed by atoms with van der Waals surface area (Å²) in [4.78, 5) is 0. The molecular formula is C9H13NO2. The summed E-state index contributed by atoms with van der Waals surface area (Å²) in [5.74, 6) is 0.912. The number of nitrogens with two attached hydrogens (primary N) is 1. The van der Waals surface area contributed by atoms with E-state index >= 15 is 0 Å². The van der Waals surface area contributed by atoms with E-state index in [0.29, 0.717) is 6.54 Å². The Balaban J connectivity index is 2.20. The highest BCUT2D eigenvalue weighted by Crippen LogP contribution is 2.43. The smallest absolute Gasteiger partial charge is 0.111 e. The van der Waals surface area contributed by atoms with Gasteiger partial charge in [0.1, 0.15) is 5.76 Å². The van der Waals surface area contributed by atoms with Gasteiger partial charge >= 0.3 is 0 Å². The zero-order valence-corrected chi connectivity index (χ0v) is 6.86. The Kier molecular flexibility index (Phi) is 1.70. The van der Waals surface area contributed by atoms with Crippen LogP contribution < -0.4 is 5.73 Å². The Morgan fingerprint density at radius 2 is 2.42 bits per heavy atom. The number of rotatable bonds is 2. The fraction of sp³-hybridized carbons (Fsp3) is 0.556. The van der Waals surface area contributed by atoms with Crippen molar-refractivity contribution >= 4 is 0 Å². The second-order valence-electron chi connectivity index (χ2n) is 3.52. The molecule has 0 atom stereocenters. The number of hydrogen-bond acceptors (Lipinski definition) is 3. The van der Waals surface area contributed by atoms with Crippen LogP contribution >= 0.6 is 0 Å². The van der Waals surface area contributed by atoms with Crippen molar-refractivity contribution in [2.24, 2.45) is 5.73 Å². The predicted molar refractivity (Wildman–Crippen MR) is 44.7 cm³/mol. The fourth-order valence-corrected chi connectivity index (χ4v) is 1.89. The Morgan fingerprint density at radius 1 is 1.67 bits per heavy atom. The Bertz CT molecular complexity index is 250. The molecule has 12 heavy (non-hydrogen) atoms. The van der Waals surface area contributed by atoms with Crippen LogP contribution in [-0.2, 0) is 5.41 Å². The standard InChI is InChI=1S/C9H13NO2/c10-6-9(4-7(11)5-9)8-2-1-3-12-8/h1-3,7,11H,4-6,10H2. The van der Waals surface area contributed by atoms with Crippen molar-refractivity contribution in [3.8, 4) is 0 Å². The Morgan fingerprint density at radius 3 is 2.83 bits per heavy atom. The van der Waals surface area contributed by atoms with E-state index in [4.69, 9.17) is 10.2 Å². The highest BCUT2D eigenvalue weighted by Gasteiger charge is 2.45. The molecule has 0 saturated heterocycles. The number of aliphatic hydroxyl groups excluding tert-OH is 1. The monoisotopic (exact) mass is 167 g/mol. The third-order valence-electron chi connectivity index (χ3n) is 2.69. The minimum Gasteiger partial charge on any atom is -0.469 e. The normalized spacial score (nSPS) is 34.7. The summed E-state index contributed by atoms with van der Waals surface area (Å²) in [7, 11) is 0. The van der Waals surface area contributed by atoms with Crippen LogP contribution in [0.1, 0.15) is 18.6 Å². The first-order chi connectivity index (χ1) is 5.77. The molecule has 0 amide bonds. The Hall–Kier alpha value is -0.800. The van der Waals surface area contributed by atoms with E-state index in [1.807, 2.05) is 12.1 Å². The summed E-state index contributed by atoms with van der Waals surface area (Å²) in [5.41, 5.74) is 5.57. The molecule has 3 heteroatoms. The second kappa shape index (κ2) is 2.61. The number of furan rings is 1. The number of hydrogen-bond donors (Lipinski definition) is 2. The van der Waals surface area contributed by atoms with Gasteiger partial charge in [-0.3, -0.25) is 0 Å². The van der Waals surface area contributed by atoms with Crippen LogP contribution in [0.3, 0.4) is 0 Å². The van der Waals surface area contributed by atoms with Crippen molar-refractivity contribution < 1.29 is 9.52 Å². The van der Waals surface area contributed by atoms with Gasteiger partial charge in [-0.2, -0.15) is 0 Å². The van der Waals surface area contributed by atoms with Crippen molar-refractivity contribution in [1.82, 2.24) is 0 Å². The molecule has 0 radical (unpaired) electrons. The third-order valence-corrected chi connectivity index (χ3v) is 2.69. The van der Waals surface area contributed by atoms with Crippen LogP contribution in [0.2, 0.25) is 0 Å². The second-order valence-corrected chi connectivity index (χ2v) is 3.52. The molecule has 66 valence electrons. The fourth-order valence-electron chi connectivity index (χ4n) is 1.89. The molecule has 2 rings (SSSR count). The van der Waals surface area contributed by atoms with Gasteiger partial charge in [0, 0.05) is 12.0 Å². The molecule has 1 aliphatic carbocycles. The molecular weight excluding hydrogens is 154 g/mol. The first kappa shape index (κ1) is 7.83. The lowest BCUT2D eigenvalue weighted by Gasteiger charge is -2.42. The molecule has 1 aliphatic rings. The SMILES string of the molecule is NCC1(c2ccco2)CC(O)C1. The van der Waals surface area contributed by atoms with Gasteiger partial charge in [-0.15, -0.1) is 0 Å². The molecule has 1 aromatic rings. The highest BCUT2D eigenvalue weighted by atomic mass is 16.3. The molecule has 0 aliphatic heterocycles. The zero-order valence-electron chi connectivity index (χ0n) is 6.86. The molecule has 0 spiro atoms. The van der Waals surface area contributed by atoms with E-state index in [2.05, 4.69) is 0 Å². The van der Waals surface area contributed by atoms with Crippen molar-refractivity contribution in [3.05, 3.63) is 24.2 Å². The van der Waals surface area contributed by atoms with Crippen LogP contribution in [0.5, 0.6) is 0 Å². The summed E-state index contributed by atoms with van der Waals surface area (Å²) < 4.78 is 5.29. The van der Waals surface area contributed by atoms with Gasteiger partial charge in [0.25, 0.3) is 0 Å². The summed E-state index contributed by atoms with van der Waals surface area (Å²) in [6, 6.07) is 3.79. The van der Waals surface area contributed by atoms with Gasteiger partial charge < -0.3 is 15.3 Å². The first-order valence-corrected chi connectivity index (χ1v) is 4.19. The Labute approximate surface area is 71.2 Å². The molecule has 0 bridgehead atoms. The molecule has 1 heterocycles. The molecule has 0 unspecified atom stereocenters. The first-order valence-electron chi connectivity index (χ1n) is 4.19. The quantitative estimate of drug-likeness (QED) is 0.679. The van der Waals surface area contributed by atoms with Gasteiger partial charge in [-0.05, 0) is 25.0 Å². The van der Waals surface area contributed by atoms with Gasteiger partial charge in [0.2, 0.25) is 0 Å². The zero-order chi connectivity index (χ0) is 8.60. The van der Waals surface area contributed by atoms with Gasteiger partial charge in [-0.1, -0.05) is 0 Å². The van der Waals surface area contributed by atoms with Crippen molar-refractivity contribution in [2.75, 3.05) is 6.54 Å². The van der Waals surface area contributed by atoms with Crippen LogP contribution in [0.25, 0.3) is 0 Å². The van der Waals surface area contributed by atoms with Crippen LogP contribution in [0.15, 0.2) is 22.8 Å². The predicted octanol–water partition coefficient (Wildman–Crippen LogP) is 0.631. The lowest BCUT2D eigenvalue weighted by Crippen LogP contribution is -2.49. The largest absolute Gasteiger partial charge is 0.469 e. The van der Waals surface area contributed by atoms with E-state index < -0.39 is 0 Å². The van der Waals surface area contributed by atoms with Crippen molar-refractivity contribution in [1.29, 1.82) is 0 Å². The maximum atomic E-state index is 9.22. The van der Waals surface area contributed by atoms with Gasteiger partial charge in [-0.25, -0.2) is 0 Å². The van der Waals surface area contributed by atoms with E-state index in [1.165, 1.54) is 0 Å². The lowest BCUT2D eigenvalue weighted by atomic mass is 9.65. The average Bonchev–Trinajstić information content (AvgIpc) is 2.50. The summed E-state index contributed by atoms with van der Waals surface area (Å²) >= 11 is 0. The molecule has 3 nitrogen and oxygen atoms in total. The number of aliphatic hydroxyl groups is 1. The van der Waals surface area contributed by atoms with E-state index in [9.17, 15) is 5.11 Å². The average molecular weight is 167 g/mol. The van der Waals surface area contributed by atoms with Crippen LogP contribution in [0, 0.1) is 0 Å². The molecule has 1 fully saturated rings. The van der Waals surface area contributed by atoms with Crippen LogP contribution in [0.4, 0.5) is 0 Å². The molecule has 1 aromatic heterocycles. The molecule has 0 aromatic carbocycles. The van der Waals surface area contributed by atoms with E-state index in [1.54, 1.807) is 6.26 Å². The summed E-state index contributed by atoms with van der Waals surface area (Å²) in [5, 5.41) is 9.22. The van der Waals surface area contributed by atoms with Crippen molar-refractivity contribution in [2.45, 2.75) is 24.4 Å².